The number of anilines is 1. The summed E-state index contributed by atoms with van der Waals surface area (Å²) in [6, 6.07) is 9.33. The molecule has 0 radical (unpaired) electrons. The van der Waals surface area contributed by atoms with Crippen LogP contribution in [-0.4, -0.2) is 17.3 Å². The fourth-order valence-corrected chi connectivity index (χ4v) is 1.73. The molecule has 0 heterocycles. The summed E-state index contributed by atoms with van der Waals surface area (Å²) in [6.45, 7) is 3.93. The number of alkyl halides is 2. The van der Waals surface area contributed by atoms with E-state index < -0.39 is 0 Å². The van der Waals surface area contributed by atoms with Gasteiger partial charge in [-0.1, -0.05) is 43.6 Å². The molecule has 0 bridgehead atoms. The zero-order chi connectivity index (χ0) is 12.1. The third-order valence-corrected chi connectivity index (χ3v) is 3.14. The minimum absolute atomic E-state index is 0.0646. The molecule has 4 heteroatoms. The third kappa shape index (κ3) is 3.13. The van der Waals surface area contributed by atoms with Gasteiger partial charge in [-0.25, -0.2) is 0 Å². The largest absolute Gasteiger partial charge is 0.294 e. The van der Waals surface area contributed by atoms with Crippen molar-refractivity contribution >= 4 is 34.8 Å². The van der Waals surface area contributed by atoms with E-state index in [2.05, 4.69) is 0 Å². The Hall–Kier alpha value is -0.730. The molecule has 0 aliphatic rings. The average molecular weight is 260 g/mol. The predicted molar refractivity (Wildman–Crippen MR) is 69.1 cm³/mol. The fraction of sp³-hybridized carbons (Fsp3) is 0.417. The van der Waals surface area contributed by atoms with Crippen LogP contribution in [0.2, 0.25) is 0 Å². The van der Waals surface area contributed by atoms with Crippen LogP contribution in [0.15, 0.2) is 30.3 Å². The minimum Gasteiger partial charge on any atom is -0.294 e. The van der Waals surface area contributed by atoms with Gasteiger partial charge in [0.05, 0.1) is 0 Å². The third-order valence-electron chi connectivity index (χ3n) is 2.21. The highest BCUT2D eigenvalue weighted by Crippen LogP contribution is 2.23. The van der Waals surface area contributed by atoms with Gasteiger partial charge in [0, 0.05) is 5.69 Å². The van der Waals surface area contributed by atoms with Gasteiger partial charge in [-0.2, -0.15) is 0 Å². The number of hydrogen-bond acceptors (Lipinski definition) is 1. The van der Waals surface area contributed by atoms with Gasteiger partial charge in [0.2, 0.25) is 5.91 Å². The van der Waals surface area contributed by atoms with Crippen molar-refractivity contribution in [2.24, 2.45) is 5.92 Å². The van der Waals surface area contributed by atoms with Crippen molar-refractivity contribution < 1.29 is 4.79 Å². The number of carbonyl (C=O) groups excluding carboxylic acids is 1. The first kappa shape index (κ1) is 13.3. The number of hydrogen-bond donors (Lipinski definition) is 0. The van der Waals surface area contributed by atoms with Gasteiger partial charge in [0.1, 0.15) is 11.4 Å². The lowest BCUT2D eigenvalue weighted by Gasteiger charge is -2.29. The number of nitrogens with zero attached hydrogens (tertiary/aromatic N) is 1. The summed E-state index contributed by atoms with van der Waals surface area (Å²) in [6.07, 6.45) is 0. The number of carbonyl (C=O) groups is 1. The molecule has 1 aromatic rings. The van der Waals surface area contributed by atoms with Gasteiger partial charge < -0.3 is 0 Å². The van der Waals surface area contributed by atoms with Crippen LogP contribution in [0.4, 0.5) is 5.69 Å². The zero-order valence-electron chi connectivity index (χ0n) is 9.36. The summed E-state index contributed by atoms with van der Waals surface area (Å²) in [5.41, 5.74) is 0.399. The zero-order valence-corrected chi connectivity index (χ0v) is 10.9. The number of benzene rings is 1. The van der Waals surface area contributed by atoms with Crippen molar-refractivity contribution in [2.45, 2.75) is 19.3 Å². The number of rotatable bonds is 4. The van der Waals surface area contributed by atoms with Gasteiger partial charge in [-0.15, -0.1) is 11.6 Å². The smallest absolute Gasteiger partial charge is 0.243 e. The van der Waals surface area contributed by atoms with Crippen LogP contribution in [0.5, 0.6) is 0 Å². The van der Waals surface area contributed by atoms with Crippen LogP contribution in [0.3, 0.4) is 0 Å². The SMILES string of the molecule is CC(C)C(Cl)N(C(=O)CCl)c1ccccc1. The van der Waals surface area contributed by atoms with Crippen molar-refractivity contribution in [1.29, 1.82) is 0 Å². The molecule has 0 N–H and O–H groups in total. The second-order valence-corrected chi connectivity index (χ2v) is 4.56. The molecule has 2 nitrogen and oxygen atoms in total. The molecule has 88 valence electrons. The Bertz CT molecular complexity index is 340. The maximum atomic E-state index is 11.8. The maximum absolute atomic E-state index is 11.8. The molecule has 16 heavy (non-hydrogen) atoms. The molecule has 1 atom stereocenters. The van der Waals surface area contributed by atoms with Crippen LogP contribution in [0, 0.1) is 5.92 Å². The molecule has 0 saturated heterocycles. The van der Waals surface area contributed by atoms with Gasteiger partial charge >= 0.3 is 0 Å². The van der Waals surface area contributed by atoms with E-state index >= 15 is 0 Å². The van der Waals surface area contributed by atoms with Crippen LogP contribution in [0.25, 0.3) is 0 Å². The Morgan fingerprint density at radius 1 is 1.31 bits per heavy atom. The number of amides is 1. The molecule has 0 saturated carbocycles. The van der Waals surface area contributed by atoms with Gasteiger partial charge in [0.25, 0.3) is 0 Å². The lowest BCUT2D eigenvalue weighted by atomic mass is 10.2. The lowest BCUT2D eigenvalue weighted by molar-refractivity contribution is -0.116. The lowest BCUT2D eigenvalue weighted by Crippen LogP contribution is -2.40. The quantitative estimate of drug-likeness (QED) is 0.599. The summed E-state index contributed by atoms with van der Waals surface area (Å²) in [7, 11) is 0. The highest BCUT2D eigenvalue weighted by Gasteiger charge is 2.24. The predicted octanol–water partition coefficient (Wildman–Crippen LogP) is 3.48. The maximum Gasteiger partial charge on any atom is 0.243 e. The molecule has 1 amide bonds. The highest BCUT2D eigenvalue weighted by molar-refractivity contribution is 6.32. The van der Waals surface area contributed by atoms with Crippen molar-refractivity contribution in [1.82, 2.24) is 0 Å². The van der Waals surface area contributed by atoms with Crippen molar-refractivity contribution in [2.75, 3.05) is 10.8 Å². The summed E-state index contributed by atoms with van der Waals surface area (Å²) in [5.74, 6) is -0.0826. The first-order valence-electron chi connectivity index (χ1n) is 5.15. The van der Waals surface area contributed by atoms with Crippen LogP contribution >= 0.6 is 23.2 Å². The minimum atomic E-state index is -0.381. The Balaban J connectivity index is 3.01. The van der Waals surface area contributed by atoms with Crippen molar-refractivity contribution in [3.8, 4) is 0 Å². The molecule has 1 rings (SSSR count). The van der Waals surface area contributed by atoms with E-state index in [-0.39, 0.29) is 23.2 Å². The van der Waals surface area contributed by atoms with E-state index in [1.165, 1.54) is 0 Å². The highest BCUT2D eigenvalue weighted by atomic mass is 35.5. The summed E-state index contributed by atoms with van der Waals surface area (Å²) < 4.78 is 0. The van der Waals surface area contributed by atoms with Crippen molar-refractivity contribution in [3.05, 3.63) is 30.3 Å². The second kappa shape index (κ2) is 6.12. The Morgan fingerprint density at radius 2 is 1.88 bits per heavy atom. The standard InChI is InChI=1S/C12H15Cl2NO/c1-9(2)12(14)15(11(16)8-13)10-6-4-3-5-7-10/h3-7,9,12H,8H2,1-2H3. The Morgan fingerprint density at radius 3 is 2.31 bits per heavy atom. The molecule has 0 aromatic heterocycles. The first-order valence-corrected chi connectivity index (χ1v) is 6.12. The Kier molecular flexibility index (Phi) is 5.10. The van der Waals surface area contributed by atoms with E-state index in [1.807, 2.05) is 44.2 Å². The summed E-state index contributed by atoms with van der Waals surface area (Å²) in [4.78, 5) is 13.3. The van der Waals surface area contributed by atoms with Gasteiger partial charge in [0.15, 0.2) is 0 Å². The average Bonchev–Trinajstić information content (AvgIpc) is 2.30. The van der Waals surface area contributed by atoms with E-state index in [0.717, 1.165) is 5.69 Å². The summed E-state index contributed by atoms with van der Waals surface area (Å²) in [5, 5.41) is 0. The summed E-state index contributed by atoms with van der Waals surface area (Å²) >= 11 is 11.8. The van der Waals surface area contributed by atoms with Gasteiger partial charge in [-0.05, 0) is 18.1 Å². The Labute approximate surface area is 106 Å². The first-order chi connectivity index (χ1) is 7.57. The van der Waals surface area contributed by atoms with E-state index in [4.69, 9.17) is 23.2 Å². The number of para-hydroxylation sites is 1. The molecular formula is C12H15Cl2NO. The fourth-order valence-electron chi connectivity index (χ4n) is 1.38. The molecule has 0 fully saturated rings. The molecule has 0 aliphatic carbocycles. The monoisotopic (exact) mass is 259 g/mol. The van der Waals surface area contributed by atoms with Crippen molar-refractivity contribution in [3.63, 3.8) is 0 Å². The van der Waals surface area contributed by atoms with Crippen LogP contribution in [-0.2, 0) is 4.79 Å². The van der Waals surface area contributed by atoms with E-state index in [1.54, 1.807) is 4.90 Å². The molecule has 1 aromatic carbocycles. The van der Waals surface area contributed by atoms with E-state index in [0.29, 0.717) is 0 Å². The normalized spacial score (nSPS) is 12.6. The number of halogens is 2. The molecule has 1 unspecified atom stereocenters. The molecular weight excluding hydrogens is 245 g/mol. The topological polar surface area (TPSA) is 20.3 Å². The van der Waals surface area contributed by atoms with Crippen LogP contribution < -0.4 is 4.90 Å². The molecule has 0 spiro atoms. The second-order valence-electron chi connectivity index (χ2n) is 3.85. The van der Waals surface area contributed by atoms with E-state index in [9.17, 15) is 4.79 Å². The van der Waals surface area contributed by atoms with Gasteiger partial charge in [-0.3, -0.25) is 9.69 Å². The molecule has 0 aliphatic heterocycles. The van der Waals surface area contributed by atoms with Crippen LogP contribution in [0.1, 0.15) is 13.8 Å².